The van der Waals surface area contributed by atoms with Crippen LogP contribution in [0, 0.1) is 5.41 Å². The molecule has 1 aromatic carbocycles. The second kappa shape index (κ2) is 9.68. The van der Waals surface area contributed by atoms with Gasteiger partial charge in [-0.3, -0.25) is 9.38 Å². The van der Waals surface area contributed by atoms with Crippen molar-refractivity contribution >= 4 is 45.9 Å². The average molecular weight is 570 g/mol. The minimum Gasteiger partial charge on any atom is -0.598 e. The zero-order valence-corrected chi connectivity index (χ0v) is 23.9. The SMILES string of the molecule is CC(C)(C)[S@@+]([O-])N[C@@H]1c2cccnc2CC12CCN(c1nccn3c(-c4cccc(Cl)c4Cl)ncc13)CC2. The summed E-state index contributed by atoms with van der Waals surface area (Å²) in [6.07, 6.45) is 10.2. The molecule has 38 heavy (non-hydrogen) atoms. The fourth-order valence-electron chi connectivity index (χ4n) is 5.76. The molecule has 0 bridgehead atoms. The molecule has 1 aliphatic heterocycles. The quantitative estimate of drug-likeness (QED) is 0.302. The third-order valence-corrected chi connectivity index (χ3v) is 10.2. The number of rotatable bonds is 4. The van der Waals surface area contributed by atoms with Crippen molar-refractivity contribution in [2.45, 2.75) is 50.8 Å². The normalized spacial score (nSPS) is 19.7. The van der Waals surface area contributed by atoms with Crippen LogP contribution in [0.4, 0.5) is 5.82 Å². The van der Waals surface area contributed by atoms with Gasteiger partial charge < -0.3 is 9.45 Å². The summed E-state index contributed by atoms with van der Waals surface area (Å²) < 4.78 is 18.4. The number of nitrogens with one attached hydrogen (secondary N) is 1. The fourth-order valence-corrected chi connectivity index (χ4v) is 7.09. The van der Waals surface area contributed by atoms with Crippen LogP contribution in [-0.4, -0.2) is 41.7 Å². The van der Waals surface area contributed by atoms with E-state index in [-0.39, 0.29) is 16.2 Å². The molecule has 10 heteroatoms. The Morgan fingerprint density at radius 3 is 2.61 bits per heavy atom. The molecular formula is C28H30Cl2N6OS. The van der Waals surface area contributed by atoms with Gasteiger partial charge >= 0.3 is 0 Å². The van der Waals surface area contributed by atoms with Gasteiger partial charge in [0.2, 0.25) is 0 Å². The van der Waals surface area contributed by atoms with E-state index < -0.39 is 11.4 Å². The summed E-state index contributed by atoms with van der Waals surface area (Å²) >= 11 is 11.6. The lowest BCUT2D eigenvalue weighted by Gasteiger charge is -2.44. The number of halogens is 2. The van der Waals surface area contributed by atoms with E-state index in [9.17, 15) is 4.55 Å². The van der Waals surface area contributed by atoms with Crippen molar-refractivity contribution in [2.24, 2.45) is 5.41 Å². The number of anilines is 1. The van der Waals surface area contributed by atoms with Gasteiger partial charge in [0.25, 0.3) is 0 Å². The number of fused-ring (bicyclic) bond motifs is 2. The molecule has 2 aliphatic rings. The minimum absolute atomic E-state index is 0.00343. The fraction of sp³-hybridized carbons (Fsp3) is 0.393. The van der Waals surface area contributed by atoms with Crippen molar-refractivity contribution in [1.82, 2.24) is 24.1 Å². The second-order valence-electron chi connectivity index (χ2n) is 11.2. The summed E-state index contributed by atoms with van der Waals surface area (Å²) in [6.45, 7) is 7.69. The summed E-state index contributed by atoms with van der Waals surface area (Å²) in [6, 6.07) is 9.70. The van der Waals surface area contributed by atoms with E-state index in [2.05, 4.69) is 20.7 Å². The lowest BCUT2D eigenvalue weighted by Crippen LogP contribution is -2.49. The third kappa shape index (κ3) is 4.36. The van der Waals surface area contributed by atoms with E-state index in [1.165, 1.54) is 5.56 Å². The number of imidazole rings is 1. The van der Waals surface area contributed by atoms with E-state index in [0.717, 1.165) is 60.8 Å². The van der Waals surface area contributed by atoms with E-state index in [0.29, 0.717) is 10.0 Å². The predicted octanol–water partition coefficient (Wildman–Crippen LogP) is 6.03. The third-order valence-electron chi connectivity index (χ3n) is 7.84. The van der Waals surface area contributed by atoms with Crippen LogP contribution >= 0.6 is 23.2 Å². The van der Waals surface area contributed by atoms with Crippen LogP contribution in [0.3, 0.4) is 0 Å². The molecule has 3 aromatic heterocycles. The monoisotopic (exact) mass is 568 g/mol. The Bertz CT molecular complexity index is 1490. The Balaban J connectivity index is 1.29. The van der Waals surface area contributed by atoms with Crippen LogP contribution in [0.15, 0.2) is 55.1 Å². The van der Waals surface area contributed by atoms with Gasteiger partial charge in [0.1, 0.15) is 16.1 Å². The van der Waals surface area contributed by atoms with Crippen LogP contribution in [0.2, 0.25) is 10.0 Å². The number of aromatic nitrogens is 4. The van der Waals surface area contributed by atoms with Crippen molar-refractivity contribution in [2.75, 3.05) is 18.0 Å². The molecule has 0 radical (unpaired) electrons. The van der Waals surface area contributed by atoms with Gasteiger partial charge in [0, 0.05) is 59.7 Å². The highest BCUT2D eigenvalue weighted by Gasteiger charge is 2.51. The average Bonchev–Trinajstić information content (AvgIpc) is 3.45. The van der Waals surface area contributed by atoms with Crippen LogP contribution in [0.5, 0.6) is 0 Å². The van der Waals surface area contributed by atoms with Gasteiger partial charge in [-0.05, 0) is 63.8 Å². The van der Waals surface area contributed by atoms with Gasteiger partial charge in [-0.1, -0.05) is 35.3 Å². The van der Waals surface area contributed by atoms with Crippen molar-refractivity contribution < 1.29 is 4.55 Å². The first kappa shape index (κ1) is 25.9. The molecular weight excluding hydrogens is 539 g/mol. The Morgan fingerprint density at radius 1 is 1.05 bits per heavy atom. The highest BCUT2D eigenvalue weighted by Crippen LogP contribution is 2.52. The smallest absolute Gasteiger partial charge is 0.154 e. The first-order valence-electron chi connectivity index (χ1n) is 12.8. The van der Waals surface area contributed by atoms with Gasteiger partial charge in [-0.25, -0.2) is 9.97 Å². The molecule has 1 spiro atoms. The standard InChI is InChI=1S/C28H30Cl2N6OS/c1-27(2,3)38(37)34-24-18-7-5-11-31-21(18)16-28(24)9-13-35(14-10-28)26-22-17-33-25(36(22)15-12-32-26)19-6-4-8-20(29)23(19)30/h4-8,11-12,15,17,24,34H,9-10,13-14,16H2,1-3H3/t24-,38-/m1/s1. The molecule has 0 unspecified atom stereocenters. The maximum Gasteiger partial charge on any atom is 0.154 e. The Hall–Kier alpha value is -2.36. The molecule has 1 N–H and O–H groups in total. The van der Waals surface area contributed by atoms with E-state index in [1.54, 1.807) is 6.07 Å². The molecule has 6 rings (SSSR count). The van der Waals surface area contributed by atoms with Crippen molar-refractivity contribution in [1.29, 1.82) is 0 Å². The zero-order valence-electron chi connectivity index (χ0n) is 21.6. The first-order valence-corrected chi connectivity index (χ1v) is 14.7. The maximum atomic E-state index is 13.2. The zero-order chi connectivity index (χ0) is 26.7. The molecule has 0 amide bonds. The lowest BCUT2D eigenvalue weighted by atomic mass is 9.73. The summed E-state index contributed by atoms with van der Waals surface area (Å²) in [4.78, 5) is 16.5. The molecule has 1 aliphatic carbocycles. The molecule has 7 nitrogen and oxygen atoms in total. The molecule has 4 aromatic rings. The second-order valence-corrected chi connectivity index (χ2v) is 14.0. The number of pyridine rings is 1. The minimum atomic E-state index is -1.18. The molecule has 2 atom stereocenters. The van der Waals surface area contributed by atoms with E-state index in [1.807, 2.05) is 68.2 Å². The van der Waals surface area contributed by atoms with Crippen LogP contribution in [-0.2, 0) is 17.8 Å². The highest BCUT2D eigenvalue weighted by molar-refractivity contribution is 7.90. The molecule has 0 saturated carbocycles. The molecule has 198 valence electrons. The number of hydrogen-bond donors (Lipinski definition) is 1. The van der Waals surface area contributed by atoms with Crippen LogP contribution in [0.25, 0.3) is 16.9 Å². The lowest BCUT2D eigenvalue weighted by molar-refractivity contribution is 0.175. The highest BCUT2D eigenvalue weighted by atomic mass is 35.5. The molecule has 4 heterocycles. The summed E-state index contributed by atoms with van der Waals surface area (Å²) in [5.74, 6) is 1.63. The summed E-state index contributed by atoms with van der Waals surface area (Å²) in [5, 5.41) is 0.986. The predicted molar refractivity (Wildman–Crippen MR) is 154 cm³/mol. The van der Waals surface area contributed by atoms with Gasteiger partial charge in [-0.2, -0.15) is 0 Å². The maximum absolute atomic E-state index is 13.2. The molecule has 1 saturated heterocycles. The van der Waals surface area contributed by atoms with Gasteiger partial charge in [0.05, 0.1) is 22.3 Å². The number of nitrogens with zero attached hydrogens (tertiary/aromatic N) is 5. The Morgan fingerprint density at radius 2 is 1.84 bits per heavy atom. The van der Waals surface area contributed by atoms with Crippen LogP contribution in [0.1, 0.15) is 50.9 Å². The summed E-state index contributed by atoms with van der Waals surface area (Å²) in [5.41, 5.74) is 3.96. The van der Waals surface area contributed by atoms with Crippen LogP contribution < -0.4 is 9.62 Å². The Labute approximate surface area is 235 Å². The number of hydrogen-bond acceptors (Lipinski definition) is 6. The van der Waals surface area contributed by atoms with Gasteiger partial charge in [0.15, 0.2) is 5.82 Å². The number of piperidine rings is 1. The number of benzene rings is 1. The van der Waals surface area contributed by atoms with Crippen molar-refractivity contribution in [3.8, 4) is 11.4 Å². The van der Waals surface area contributed by atoms with E-state index >= 15 is 0 Å². The first-order chi connectivity index (χ1) is 18.2. The van der Waals surface area contributed by atoms with Crippen molar-refractivity contribution in [3.05, 3.63) is 76.4 Å². The largest absolute Gasteiger partial charge is 0.598 e. The van der Waals surface area contributed by atoms with Crippen molar-refractivity contribution in [3.63, 3.8) is 0 Å². The van der Waals surface area contributed by atoms with E-state index in [4.69, 9.17) is 33.2 Å². The van der Waals surface area contributed by atoms with Gasteiger partial charge in [-0.15, -0.1) is 4.72 Å². The topological polar surface area (TPSA) is 81.4 Å². The molecule has 1 fully saturated rings. The summed E-state index contributed by atoms with van der Waals surface area (Å²) in [7, 11) is 0. The Kier molecular flexibility index (Phi) is 6.60.